The van der Waals surface area contributed by atoms with Gasteiger partial charge in [-0.25, -0.2) is 9.18 Å². The molecule has 6 nitrogen and oxygen atoms in total. The van der Waals surface area contributed by atoms with Gasteiger partial charge < -0.3 is 15.1 Å². The van der Waals surface area contributed by atoms with Crippen molar-refractivity contribution in [3.63, 3.8) is 0 Å². The van der Waals surface area contributed by atoms with Gasteiger partial charge in [0, 0.05) is 34.3 Å². The van der Waals surface area contributed by atoms with E-state index in [2.05, 4.69) is 20.4 Å². The van der Waals surface area contributed by atoms with E-state index in [1.54, 1.807) is 31.1 Å². The molecule has 1 aliphatic rings. The Hall–Kier alpha value is -2.70. The van der Waals surface area contributed by atoms with Crippen LogP contribution in [0.1, 0.15) is 25.4 Å². The summed E-state index contributed by atoms with van der Waals surface area (Å²) < 4.78 is 13.6. The van der Waals surface area contributed by atoms with Crippen molar-refractivity contribution in [2.75, 3.05) is 25.0 Å². The van der Waals surface area contributed by atoms with Crippen LogP contribution in [0.3, 0.4) is 0 Å². The molecule has 140 valence electrons. The second-order valence-corrected chi connectivity index (χ2v) is 6.68. The lowest BCUT2D eigenvalue weighted by Crippen LogP contribution is -2.51. The molecule has 1 atom stereocenters. The topological polar surface area (TPSA) is 61.4 Å². The van der Waals surface area contributed by atoms with Gasteiger partial charge in [-0.2, -0.15) is 5.10 Å². The summed E-state index contributed by atoms with van der Waals surface area (Å²) in [6.45, 7) is 3.66. The number of likely N-dealkylation sites (N-methyl/N-ethyl adjacent to an activating group) is 1. The molecule has 26 heavy (non-hydrogen) atoms. The Morgan fingerprint density at radius 2 is 2.31 bits per heavy atom. The third-order valence-electron chi connectivity index (χ3n) is 4.83. The van der Waals surface area contributed by atoms with Crippen LogP contribution in [0.25, 0.3) is 0 Å². The van der Waals surface area contributed by atoms with Gasteiger partial charge in [0.25, 0.3) is 0 Å². The molecule has 1 fully saturated rings. The lowest BCUT2D eigenvalue weighted by molar-refractivity contribution is 0.182. The van der Waals surface area contributed by atoms with Gasteiger partial charge in [-0.1, -0.05) is 12.1 Å². The largest absolute Gasteiger partial charge is 0.353 e. The van der Waals surface area contributed by atoms with Crippen molar-refractivity contribution in [2.24, 2.45) is 0 Å². The van der Waals surface area contributed by atoms with Gasteiger partial charge in [0.1, 0.15) is 5.82 Å². The number of nitrogens with one attached hydrogen (secondary N) is 1. The summed E-state index contributed by atoms with van der Waals surface area (Å²) in [5.74, 6) is 0.582. The molecule has 1 saturated heterocycles. The van der Waals surface area contributed by atoms with Gasteiger partial charge in [0.15, 0.2) is 5.82 Å². The lowest BCUT2D eigenvalue weighted by atomic mass is 10.0. The van der Waals surface area contributed by atoms with E-state index in [0.717, 1.165) is 37.3 Å². The highest BCUT2D eigenvalue weighted by Gasteiger charge is 2.26. The van der Waals surface area contributed by atoms with Crippen molar-refractivity contribution in [3.8, 4) is 0 Å². The molecule has 3 rings (SSSR count). The van der Waals surface area contributed by atoms with E-state index < -0.39 is 0 Å². The third kappa shape index (κ3) is 4.28. The summed E-state index contributed by atoms with van der Waals surface area (Å²) in [5, 5.41) is 11.0. The Kier molecular flexibility index (Phi) is 5.65. The van der Waals surface area contributed by atoms with Crippen LogP contribution in [0.15, 0.2) is 36.5 Å². The van der Waals surface area contributed by atoms with E-state index in [4.69, 9.17) is 0 Å². The van der Waals surface area contributed by atoms with Crippen LogP contribution < -0.4 is 10.2 Å². The van der Waals surface area contributed by atoms with E-state index >= 15 is 0 Å². The fraction of sp³-hybridized carbons (Fsp3) is 0.421. The molecule has 7 heteroatoms. The van der Waals surface area contributed by atoms with Crippen LogP contribution in [-0.2, 0) is 6.54 Å². The van der Waals surface area contributed by atoms with E-state index in [1.807, 2.05) is 18.2 Å². The first kappa shape index (κ1) is 18.1. The number of carbonyl (C=O) groups is 1. The van der Waals surface area contributed by atoms with E-state index in [1.165, 1.54) is 6.07 Å². The summed E-state index contributed by atoms with van der Waals surface area (Å²) in [5.41, 5.74) is 1.35. The number of amides is 2. The molecule has 2 heterocycles. The summed E-state index contributed by atoms with van der Waals surface area (Å²) in [7, 11) is 1.80. The minimum Gasteiger partial charge on any atom is -0.353 e. The zero-order valence-corrected chi connectivity index (χ0v) is 15.2. The van der Waals surface area contributed by atoms with Crippen molar-refractivity contribution in [1.82, 2.24) is 20.4 Å². The maximum Gasteiger partial charge on any atom is 0.317 e. The number of hydrogen-bond donors (Lipinski definition) is 1. The van der Waals surface area contributed by atoms with E-state index in [-0.39, 0.29) is 19.3 Å². The second kappa shape index (κ2) is 8.12. The van der Waals surface area contributed by atoms with Gasteiger partial charge in [0.2, 0.25) is 0 Å². The summed E-state index contributed by atoms with van der Waals surface area (Å²) in [6.07, 6.45) is 3.58. The van der Waals surface area contributed by atoms with Gasteiger partial charge >= 0.3 is 6.03 Å². The first-order valence-corrected chi connectivity index (χ1v) is 8.83. The number of carbonyl (C=O) groups excluding carboxylic acids is 1. The van der Waals surface area contributed by atoms with Crippen LogP contribution in [-0.4, -0.2) is 47.3 Å². The molecule has 1 aliphatic heterocycles. The van der Waals surface area contributed by atoms with Crippen LogP contribution in [0.2, 0.25) is 0 Å². The van der Waals surface area contributed by atoms with Crippen molar-refractivity contribution in [2.45, 2.75) is 32.4 Å². The van der Waals surface area contributed by atoms with Crippen molar-refractivity contribution in [3.05, 3.63) is 53.5 Å². The number of benzene rings is 1. The third-order valence-corrected chi connectivity index (χ3v) is 4.83. The van der Waals surface area contributed by atoms with E-state index in [9.17, 15) is 9.18 Å². The highest BCUT2D eigenvalue weighted by atomic mass is 19.1. The number of halogens is 1. The van der Waals surface area contributed by atoms with Crippen molar-refractivity contribution < 1.29 is 10.6 Å². The van der Waals surface area contributed by atoms with E-state index in [0.29, 0.717) is 12.1 Å². The number of anilines is 1. The van der Waals surface area contributed by atoms with Gasteiger partial charge in [-0.15, -0.1) is 5.10 Å². The fourth-order valence-electron chi connectivity index (χ4n) is 3.16. The number of piperidine rings is 1. The normalized spacial score (nSPS) is 17.0. The minimum atomic E-state index is -0.253. The molecule has 2 amide bonds. The smallest absolute Gasteiger partial charge is 0.317 e. The Labute approximate surface area is 154 Å². The van der Waals surface area contributed by atoms with Gasteiger partial charge in [-0.05, 0) is 49.1 Å². The van der Waals surface area contributed by atoms with Crippen molar-refractivity contribution in [1.29, 1.82) is 0 Å². The van der Waals surface area contributed by atoms with Crippen LogP contribution >= 0.6 is 0 Å². The molecule has 0 aliphatic carbocycles. The average Bonchev–Trinajstić information content (AvgIpc) is 2.69. The summed E-state index contributed by atoms with van der Waals surface area (Å²) in [4.78, 5) is 16.4. The second-order valence-electron chi connectivity index (χ2n) is 6.68. The highest BCUT2D eigenvalue weighted by Crippen LogP contribution is 2.19. The Balaban J connectivity index is 0.00000261. The maximum atomic E-state index is 13.6. The van der Waals surface area contributed by atoms with Crippen LogP contribution in [0, 0.1) is 12.7 Å². The Bertz CT molecular complexity index is 761. The molecule has 0 spiro atoms. The number of nitrogens with zero attached hydrogens (tertiary/aromatic N) is 4. The molecule has 0 unspecified atom stereocenters. The zero-order valence-electron chi connectivity index (χ0n) is 15.2. The number of rotatable bonds is 4. The number of hydrogen-bond acceptors (Lipinski definition) is 4. The maximum absolute atomic E-state index is 13.6. The molecule has 1 aromatic carbocycles. The number of aromatic nitrogens is 2. The van der Waals surface area contributed by atoms with Crippen LogP contribution in [0.5, 0.6) is 0 Å². The Morgan fingerprint density at radius 3 is 3.04 bits per heavy atom. The minimum absolute atomic E-state index is 0. The quantitative estimate of drug-likeness (QED) is 0.912. The molecule has 0 radical (unpaired) electrons. The first-order chi connectivity index (χ1) is 12.5. The molecular formula is C19H26FN5O. The van der Waals surface area contributed by atoms with Gasteiger partial charge in [-0.3, -0.25) is 0 Å². The molecule has 0 saturated carbocycles. The highest BCUT2D eigenvalue weighted by molar-refractivity contribution is 5.74. The summed E-state index contributed by atoms with van der Waals surface area (Å²) >= 11 is 0. The molecule has 2 aromatic rings. The number of aryl methyl sites for hydroxylation is 1. The predicted molar refractivity (Wildman–Crippen MR) is 101 cm³/mol. The molecule has 0 bridgehead atoms. The monoisotopic (exact) mass is 359 g/mol. The standard InChI is InChI=1S/C19H24FN5O.H2/c1-14-7-8-15(11-17(14)20)12-21-19(26)24(2)16-5-4-10-25(13-16)18-6-3-9-22-23-18;/h3,6-9,11,16H,4-5,10,12-13H2,1-2H3,(H,21,26);1H/t16-;/m1./s1. The zero-order chi connectivity index (χ0) is 18.5. The average molecular weight is 359 g/mol. The number of urea groups is 1. The fourth-order valence-corrected chi connectivity index (χ4v) is 3.16. The predicted octanol–water partition coefficient (Wildman–Crippen LogP) is 2.98. The first-order valence-electron chi connectivity index (χ1n) is 8.83. The SMILES string of the molecule is Cc1ccc(CNC(=O)N(C)[C@@H]2CCCN(c3cccnn3)C2)cc1F.[HH]. The molecule has 1 N–H and O–H groups in total. The Morgan fingerprint density at radius 1 is 1.46 bits per heavy atom. The van der Waals surface area contributed by atoms with Gasteiger partial charge in [0.05, 0.1) is 6.04 Å². The molecule has 1 aromatic heterocycles. The summed E-state index contributed by atoms with van der Waals surface area (Å²) in [6, 6.07) is 8.75. The van der Waals surface area contributed by atoms with Crippen LogP contribution in [0.4, 0.5) is 15.0 Å². The van der Waals surface area contributed by atoms with Crippen molar-refractivity contribution >= 4 is 11.8 Å². The molecular weight excluding hydrogens is 333 g/mol. The lowest BCUT2D eigenvalue weighted by Gasteiger charge is -2.37.